The zero-order valence-electron chi connectivity index (χ0n) is 14.4. The highest BCUT2D eigenvalue weighted by atomic mass is 16.5. The molecule has 1 fully saturated rings. The van der Waals surface area contributed by atoms with Gasteiger partial charge in [-0.3, -0.25) is 4.90 Å². The molecule has 128 valence electrons. The van der Waals surface area contributed by atoms with Crippen molar-refractivity contribution < 1.29 is 9.84 Å². The molecule has 1 saturated heterocycles. The Kier molecular flexibility index (Phi) is 7.59. The number of likely N-dealkylation sites (tertiary alicyclic amines) is 1. The van der Waals surface area contributed by atoms with Crippen LogP contribution in [0.2, 0.25) is 0 Å². The van der Waals surface area contributed by atoms with E-state index in [-0.39, 0.29) is 6.61 Å². The van der Waals surface area contributed by atoms with Gasteiger partial charge in [-0.1, -0.05) is 30.4 Å². The van der Waals surface area contributed by atoms with E-state index in [0.717, 1.165) is 43.9 Å². The number of hydrogen-bond acceptors (Lipinski definition) is 4. The summed E-state index contributed by atoms with van der Waals surface area (Å²) in [6.07, 6.45) is 7.68. The fourth-order valence-electron chi connectivity index (χ4n) is 3.18. The summed E-state index contributed by atoms with van der Waals surface area (Å²) < 4.78 is 5.37. The average Bonchev–Trinajstić information content (AvgIpc) is 2.60. The molecule has 4 heteroatoms. The number of benzene rings is 1. The first-order valence-corrected chi connectivity index (χ1v) is 8.57. The second-order valence-electron chi connectivity index (χ2n) is 6.23. The van der Waals surface area contributed by atoms with Gasteiger partial charge in [-0.2, -0.15) is 0 Å². The molecule has 0 spiro atoms. The lowest BCUT2D eigenvalue weighted by molar-refractivity contribution is 0.128. The van der Waals surface area contributed by atoms with Gasteiger partial charge in [0, 0.05) is 31.3 Å². The molecule has 0 radical (unpaired) electrons. The molecule has 1 aromatic rings. The molecule has 0 aromatic heterocycles. The number of piperidine rings is 1. The molecule has 23 heavy (non-hydrogen) atoms. The molecule has 2 rings (SSSR count). The first-order chi connectivity index (χ1) is 11.2. The summed E-state index contributed by atoms with van der Waals surface area (Å²) in [6, 6.07) is 8.77. The molecule has 1 N–H and O–H groups in total. The van der Waals surface area contributed by atoms with Crippen molar-refractivity contribution in [3.05, 3.63) is 35.9 Å². The Morgan fingerprint density at radius 2 is 2.04 bits per heavy atom. The molecule has 1 heterocycles. The van der Waals surface area contributed by atoms with Crippen molar-refractivity contribution in [3.63, 3.8) is 0 Å². The predicted molar refractivity (Wildman–Crippen MR) is 95.8 cm³/mol. The smallest absolute Gasteiger partial charge is 0.126 e. The van der Waals surface area contributed by atoms with Gasteiger partial charge >= 0.3 is 0 Å². The molecule has 1 aliphatic heterocycles. The largest absolute Gasteiger partial charge is 0.496 e. The van der Waals surface area contributed by atoms with Gasteiger partial charge < -0.3 is 14.7 Å². The van der Waals surface area contributed by atoms with Crippen LogP contribution in [0, 0.1) is 0 Å². The van der Waals surface area contributed by atoms with Crippen LogP contribution in [0.15, 0.2) is 30.3 Å². The van der Waals surface area contributed by atoms with E-state index in [1.807, 2.05) is 18.2 Å². The topological polar surface area (TPSA) is 35.9 Å². The van der Waals surface area contributed by atoms with Gasteiger partial charge in [-0.15, -0.1) is 0 Å². The van der Waals surface area contributed by atoms with E-state index in [0.29, 0.717) is 6.04 Å². The SMILES string of the molecule is COc1ccccc1/C=C/CN1CCC(N(C)CCCO)CC1. The van der Waals surface area contributed by atoms with Crippen LogP contribution >= 0.6 is 0 Å². The quantitative estimate of drug-likeness (QED) is 0.799. The van der Waals surface area contributed by atoms with Crippen LogP contribution in [0.3, 0.4) is 0 Å². The number of hydrogen-bond donors (Lipinski definition) is 1. The first-order valence-electron chi connectivity index (χ1n) is 8.57. The Labute approximate surface area is 140 Å². The van der Waals surface area contributed by atoms with E-state index in [4.69, 9.17) is 9.84 Å². The van der Waals surface area contributed by atoms with Crippen LogP contribution in [0.4, 0.5) is 0 Å². The van der Waals surface area contributed by atoms with E-state index >= 15 is 0 Å². The van der Waals surface area contributed by atoms with E-state index in [1.165, 1.54) is 12.8 Å². The van der Waals surface area contributed by atoms with Gasteiger partial charge in [0.2, 0.25) is 0 Å². The summed E-state index contributed by atoms with van der Waals surface area (Å²) in [6.45, 7) is 4.56. The Bertz CT molecular complexity index is 482. The second kappa shape index (κ2) is 9.71. The third-order valence-corrected chi connectivity index (χ3v) is 4.65. The fraction of sp³-hybridized carbons (Fsp3) is 0.579. The molecule has 0 unspecified atom stereocenters. The minimum absolute atomic E-state index is 0.289. The van der Waals surface area contributed by atoms with Crippen LogP contribution in [-0.4, -0.2) is 67.9 Å². The number of ether oxygens (including phenoxy) is 1. The van der Waals surface area contributed by atoms with Crippen molar-refractivity contribution in [1.29, 1.82) is 0 Å². The summed E-state index contributed by atoms with van der Waals surface area (Å²) in [7, 11) is 3.89. The minimum atomic E-state index is 0.289. The highest BCUT2D eigenvalue weighted by molar-refractivity contribution is 5.57. The van der Waals surface area contributed by atoms with Gasteiger partial charge in [0.1, 0.15) is 5.75 Å². The van der Waals surface area contributed by atoms with Gasteiger partial charge in [-0.25, -0.2) is 0 Å². The minimum Gasteiger partial charge on any atom is -0.496 e. The van der Waals surface area contributed by atoms with Crippen LogP contribution < -0.4 is 4.74 Å². The number of rotatable bonds is 8. The molecular weight excluding hydrogens is 288 g/mol. The lowest BCUT2D eigenvalue weighted by Crippen LogP contribution is -2.43. The number of nitrogens with zero attached hydrogens (tertiary/aromatic N) is 2. The molecule has 0 bridgehead atoms. The summed E-state index contributed by atoms with van der Waals surface area (Å²) in [5.41, 5.74) is 1.13. The normalized spacial score (nSPS) is 17.2. The van der Waals surface area contributed by atoms with Crippen molar-refractivity contribution in [3.8, 4) is 5.75 Å². The summed E-state index contributed by atoms with van der Waals surface area (Å²) in [5.74, 6) is 0.924. The summed E-state index contributed by atoms with van der Waals surface area (Å²) in [4.78, 5) is 4.90. The van der Waals surface area contributed by atoms with Gasteiger partial charge in [0.15, 0.2) is 0 Å². The number of para-hydroxylation sites is 1. The summed E-state index contributed by atoms with van der Waals surface area (Å²) >= 11 is 0. The third-order valence-electron chi connectivity index (χ3n) is 4.65. The summed E-state index contributed by atoms with van der Waals surface area (Å²) in [5, 5.41) is 8.93. The van der Waals surface area contributed by atoms with Crippen molar-refractivity contribution in [2.24, 2.45) is 0 Å². The van der Waals surface area contributed by atoms with Gasteiger partial charge in [0.25, 0.3) is 0 Å². The monoisotopic (exact) mass is 318 g/mol. The molecule has 0 aliphatic carbocycles. The standard InChI is InChI=1S/C19H30N2O2/c1-20(12-6-16-22)18-10-14-21(15-11-18)13-5-8-17-7-3-4-9-19(17)23-2/h3-5,7-9,18,22H,6,10-16H2,1-2H3/b8-5+. The van der Waals surface area contributed by atoms with Crippen molar-refractivity contribution >= 4 is 6.08 Å². The van der Waals surface area contributed by atoms with E-state index in [1.54, 1.807) is 7.11 Å². The number of aliphatic hydroxyl groups is 1. The molecule has 1 aliphatic rings. The molecule has 1 aromatic carbocycles. The maximum absolute atomic E-state index is 8.93. The first kappa shape index (κ1) is 18.0. The lowest BCUT2D eigenvalue weighted by Gasteiger charge is -2.36. The highest BCUT2D eigenvalue weighted by Gasteiger charge is 2.21. The Hall–Kier alpha value is -1.36. The molecule has 0 atom stereocenters. The fourth-order valence-corrected chi connectivity index (χ4v) is 3.18. The lowest BCUT2D eigenvalue weighted by atomic mass is 10.0. The number of aliphatic hydroxyl groups excluding tert-OH is 1. The van der Waals surface area contributed by atoms with Gasteiger partial charge in [0.05, 0.1) is 7.11 Å². The zero-order chi connectivity index (χ0) is 16.5. The maximum Gasteiger partial charge on any atom is 0.126 e. The average molecular weight is 318 g/mol. The molecule has 0 saturated carbocycles. The van der Waals surface area contributed by atoms with Crippen molar-refractivity contribution in [2.75, 3.05) is 46.9 Å². The Morgan fingerprint density at radius 3 is 2.74 bits per heavy atom. The molecule has 4 nitrogen and oxygen atoms in total. The van der Waals surface area contributed by atoms with E-state index < -0.39 is 0 Å². The Balaban J connectivity index is 1.75. The van der Waals surface area contributed by atoms with E-state index in [2.05, 4.69) is 35.1 Å². The predicted octanol–water partition coefficient (Wildman–Crippen LogP) is 2.49. The number of methoxy groups -OCH3 is 1. The molecule has 0 amide bonds. The zero-order valence-corrected chi connectivity index (χ0v) is 14.4. The maximum atomic E-state index is 8.93. The van der Waals surface area contributed by atoms with Gasteiger partial charge in [-0.05, 0) is 45.5 Å². The van der Waals surface area contributed by atoms with Crippen LogP contribution in [0.5, 0.6) is 5.75 Å². The second-order valence-corrected chi connectivity index (χ2v) is 6.23. The van der Waals surface area contributed by atoms with Crippen LogP contribution in [-0.2, 0) is 0 Å². The van der Waals surface area contributed by atoms with Crippen LogP contribution in [0.1, 0.15) is 24.8 Å². The van der Waals surface area contributed by atoms with Crippen molar-refractivity contribution in [2.45, 2.75) is 25.3 Å². The van der Waals surface area contributed by atoms with Crippen molar-refractivity contribution in [1.82, 2.24) is 9.80 Å². The van der Waals surface area contributed by atoms with E-state index in [9.17, 15) is 0 Å². The highest BCUT2D eigenvalue weighted by Crippen LogP contribution is 2.19. The third kappa shape index (κ3) is 5.65. The molecular formula is C19H30N2O2. The Morgan fingerprint density at radius 1 is 1.30 bits per heavy atom. The van der Waals surface area contributed by atoms with Crippen LogP contribution in [0.25, 0.3) is 6.08 Å².